The highest BCUT2D eigenvalue weighted by atomic mass is 16.2. The quantitative estimate of drug-likeness (QED) is 0.642. The maximum Gasteiger partial charge on any atom is 0.242 e. The van der Waals surface area contributed by atoms with Crippen molar-refractivity contribution in [1.82, 2.24) is 9.80 Å². The van der Waals surface area contributed by atoms with Gasteiger partial charge in [0.25, 0.3) is 0 Å². The summed E-state index contributed by atoms with van der Waals surface area (Å²) in [4.78, 5) is 43.5. The maximum atomic E-state index is 12.4. The van der Waals surface area contributed by atoms with E-state index in [1.165, 1.54) is 0 Å². The summed E-state index contributed by atoms with van der Waals surface area (Å²) in [6, 6.07) is 11.4. The van der Waals surface area contributed by atoms with E-state index in [9.17, 15) is 14.4 Å². The van der Waals surface area contributed by atoms with Crippen molar-refractivity contribution in [3.63, 3.8) is 0 Å². The Hall–Kier alpha value is -4.00. The van der Waals surface area contributed by atoms with E-state index in [0.29, 0.717) is 35.6 Å². The molecule has 34 heavy (non-hydrogen) atoms. The van der Waals surface area contributed by atoms with Gasteiger partial charge in [0, 0.05) is 43.3 Å². The second kappa shape index (κ2) is 10.3. The normalized spacial score (nSPS) is 15.4. The second-order valence-electron chi connectivity index (χ2n) is 8.67. The minimum absolute atomic E-state index is 0.116. The van der Waals surface area contributed by atoms with Crippen LogP contribution in [-0.4, -0.2) is 60.8 Å². The fraction of sp³-hybridized carbons (Fsp3) is 0.259. The van der Waals surface area contributed by atoms with Crippen molar-refractivity contribution >= 4 is 42.2 Å². The third-order valence-electron chi connectivity index (χ3n) is 6.07. The summed E-state index contributed by atoms with van der Waals surface area (Å²) in [6.45, 7) is 1.96. The van der Waals surface area contributed by atoms with Gasteiger partial charge in [-0.2, -0.15) is 0 Å². The molecule has 0 atom stereocenters. The van der Waals surface area contributed by atoms with Crippen molar-refractivity contribution < 1.29 is 14.4 Å². The highest BCUT2D eigenvalue weighted by molar-refractivity contribution is 5.98. The van der Waals surface area contributed by atoms with E-state index in [-0.39, 0.29) is 5.91 Å². The molecule has 0 spiro atoms. The van der Waals surface area contributed by atoms with Gasteiger partial charge in [-0.1, -0.05) is 24.3 Å². The molecule has 0 unspecified atom stereocenters. The van der Waals surface area contributed by atoms with Gasteiger partial charge in [0.2, 0.25) is 5.91 Å². The lowest BCUT2D eigenvalue weighted by molar-refractivity contribution is -0.130. The molecule has 2 aliphatic heterocycles. The Kier molecular flexibility index (Phi) is 7.01. The fourth-order valence-corrected chi connectivity index (χ4v) is 4.22. The number of likely N-dealkylation sites (tertiary alicyclic amines) is 1. The molecule has 4 rings (SSSR count). The second-order valence-corrected chi connectivity index (χ2v) is 8.67. The number of fused-ring (bicyclic) bond motifs is 1. The number of benzene rings is 2. The molecule has 2 heterocycles. The van der Waals surface area contributed by atoms with E-state index >= 15 is 0 Å². The van der Waals surface area contributed by atoms with E-state index in [4.69, 9.17) is 5.73 Å². The molecule has 0 saturated carbocycles. The number of likely N-dealkylation sites (N-methyl/N-ethyl adjacent to an activating group) is 1. The summed E-state index contributed by atoms with van der Waals surface area (Å²) in [5.41, 5.74) is 11.3. The third-order valence-corrected chi connectivity index (χ3v) is 6.07. The number of carbonyl (C=O) groups excluding carboxylic acids is 3. The van der Waals surface area contributed by atoms with E-state index in [2.05, 4.69) is 4.99 Å². The predicted octanol–water partition coefficient (Wildman–Crippen LogP) is 3.67. The molecular formula is C27H28N4O3. The fourth-order valence-electron chi connectivity index (χ4n) is 4.22. The van der Waals surface area contributed by atoms with E-state index in [0.717, 1.165) is 60.8 Å². The monoisotopic (exact) mass is 456 g/mol. The number of carbonyl (C=O) groups is 3. The number of aliphatic imine (C=N–C) groups is 1. The number of amides is 1. The van der Waals surface area contributed by atoms with Crippen LogP contribution in [0.25, 0.3) is 23.3 Å². The van der Waals surface area contributed by atoms with E-state index in [1.807, 2.05) is 59.5 Å². The van der Waals surface area contributed by atoms with Crippen LogP contribution in [-0.2, 0) is 9.59 Å². The smallest absolute Gasteiger partial charge is 0.242 e. The van der Waals surface area contributed by atoms with Crippen LogP contribution >= 0.6 is 0 Å². The van der Waals surface area contributed by atoms with Crippen LogP contribution in [0.4, 0.5) is 5.69 Å². The van der Waals surface area contributed by atoms with Crippen molar-refractivity contribution in [1.29, 1.82) is 0 Å². The number of nitrogens with zero attached hydrogens (tertiary/aromatic N) is 3. The average molecular weight is 457 g/mol. The molecule has 2 N–H and O–H groups in total. The van der Waals surface area contributed by atoms with Gasteiger partial charge in [-0.05, 0) is 60.0 Å². The lowest BCUT2D eigenvalue weighted by atomic mass is 9.97. The number of rotatable bonds is 7. The van der Waals surface area contributed by atoms with Gasteiger partial charge in [0.1, 0.15) is 12.1 Å². The van der Waals surface area contributed by atoms with Crippen LogP contribution in [0.2, 0.25) is 0 Å². The zero-order chi connectivity index (χ0) is 24.1. The van der Waals surface area contributed by atoms with Gasteiger partial charge < -0.3 is 15.5 Å². The molecule has 0 aromatic heterocycles. The third kappa shape index (κ3) is 5.31. The molecule has 2 aliphatic rings. The minimum Gasteiger partial charge on any atom is -0.387 e. The highest BCUT2D eigenvalue weighted by Crippen LogP contribution is 2.32. The lowest BCUT2D eigenvalue weighted by Gasteiger charge is -2.20. The Bertz CT molecular complexity index is 1210. The van der Waals surface area contributed by atoms with Gasteiger partial charge in [0.15, 0.2) is 6.29 Å². The maximum absolute atomic E-state index is 12.4. The topological polar surface area (TPSA) is 96.1 Å². The summed E-state index contributed by atoms with van der Waals surface area (Å²) in [5, 5.41) is 0. The van der Waals surface area contributed by atoms with Crippen molar-refractivity contribution in [2.75, 3.05) is 26.7 Å². The number of hydrogen-bond acceptors (Lipinski definition) is 6. The minimum atomic E-state index is 0.116. The van der Waals surface area contributed by atoms with Gasteiger partial charge >= 0.3 is 0 Å². The van der Waals surface area contributed by atoms with E-state index < -0.39 is 0 Å². The summed E-state index contributed by atoms with van der Waals surface area (Å²) in [5.74, 6) is 0.506. The summed E-state index contributed by atoms with van der Waals surface area (Å²) in [6.07, 6.45) is 9.57. The number of hydrogen-bond donors (Lipinski definition) is 1. The zero-order valence-corrected chi connectivity index (χ0v) is 19.2. The first kappa shape index (κ1) is 23.2. The summed E-state index contributed by atoms with van der Waals surface area (Å²) >= 11 is 0. The molecule has 7 nitrogen and oxygen atoms in total. The molecular weight excluding hydrogens is 428 g/mol. The Morgan fingerprint density at radius 2 is 1.79 bits per heavy atom. The average Bonchev–Trinajstić information content (AvgIpc) is 3.32. The van der Waals surface area contributed by atoms with Gasteiger partial charge in [-0.25, -0.2) is 4.99 Å². The Labute approximate surface area is 199 Å². The Morgan fingerprint density at radius 3 is 2.53 bits per heavy atom. The van der Waals surface area contributed by atoms with Gasteiger partial charge in [-0.3, -0.25) is 14.4 Å². The molecule has 7 heteroatoms. The van der Waals surface area contributed by atoms with Gasteiger partial charge in [-0.15, -0.1) is 0 Å². The molecule has 174 valence electrons. The standard InChI is InChI=1S/C27H28N4O3/c1-30(16-27(34)31-9-2-3-10-31)11-8-22-14-20(5-7-24(22)18-33)21-4-6-23-12-19(17-32)13-26(28)29-25(23)15-21/h4-8,11-12,14-15,17-18H,2-3,9-10,13,16H2,1H3,(H2,28,29)/b11-8-. The molecule has 0 bridgehead atoms. The van der Waals surface area contributed by atoms with Crippen LogP contribution in [0.15, 0.2) is 53.2 Å². The number of nitrogens with two attached hydrogens (primary N) is 1. The SMILES string of the molecule is CN(/C=C\c1cc(-c2ccc3c(c2)N=C(N)CC(C=O)=C3)ccc1C=O)CC(=O)N1CCCC1. The summed E-state index contributed by atoms with van der Waals surface area (Å²) in [7, 11) is 1.85. The number of amidine groups is 1. The largest absolute Gasteiger partial charge is 0.387 e. The van der Waals surface area contributed by atoms with Gasteiger partial charge in [0.05, 0.1) is 12.2 Å². The number of aldehydes is 2. The van der Waals surface area contributed by atoms with Crippen LogP contribution in [0, 0.1) is 0 Å². The Balaban J connectivity index is 1.58. The van der Waals surface area contributed by atoms with E-state index in [1.54, 1.807) is 12.1 Å². The molecule has 0 radical (unpaired) electrons. The van der Waals surface area contributed by atoms with Crippen LogP contribution < -0.4 is 5.73 Å². The molecule has 1 saturated heterocycles. The van der Waals surface area contributed by atoms with Crippen LogP contribution in [0.3, 0.4) is 0 Å². The predicted molar refractivity (Wildman–Crippen MR) is 135 cm³/mol. The van der Waals surface area contributed by atoms with Crippen LogP contribution in [0.5, 0.6) is 0 Å². The highest BCUT2D eigenvalue weighted by Gasteiger charge is 2.18. The molecule has 2 aromatic rings. The van der Waals surface area contributed by atoms with Crippen molar-refractivity contribution in [2.45, 2.75) is 19.3 Å². The first-order chi connectivity index (χ1) is 16.5. The Morgan fingerprint density at radius 1 is 1.06 bits per heavy atom. The first-order valence-corrected chi connectivity index (χ1v) is 11.4. The van der Waals surface area contributed by atoms with Crippen molar-refractivity contribution in [2.24, 2.45) is 10.7 Å². The van der Waals surface area contributed by atoms with Crippen molar-refractivity contribution in [3.8, 4) is 11.1 Å². The van der Waals surface area contributed by atoms with Crippen molar-refractivity contribution in [3.05, 3.63) is 64.9 Å². The van der Waals surface area contributed by atoms with Crippen LogP contribution in [0.1, 0.15) is 40.7 Å². The molecule has 1 amide bonds. The molecule has 0 aliphatic carbocycles. The molecule has 2 aromatic carbocycles. The first-order valence-electron chi connectivity index (χ1n) is 11.4. The zero-order valence-electron chi connectivity index (χ0n) is 19.2. The lowest BCUT2D eigenvalue weighted by Crippen LogP contribution is -2.35. The molecule has 1 fully saturated rings. The summed E-state index contributed by atoms with van der Waals surface area (Å²) < 4.78 is 0.